The van der Waals surface area contributed by atoms with Crippen LogP contribution in [-0.2, 0) is 16.6 Å². The number of carboxylic acids is 1. The van der Waals surface area contributed by atoms with Gasteiger partial charge < -0.3 is 20.1 Å². The maximum atomic E-state index is 11.9. The van der Waals surface area contributed by atoms with Gasteiger partial charge in [0.2, 0.25) is 5.91 Å². The Kier molecular flexibility index (Phi) is 8.93. The van der Waals surface area contributed by atoms with Crippen LogP contribution in [0.25, 0.3) is 27.6 Å². The molecule has 0 unspecified atom stereocenters. The average Bonchev–Trinajstić information content (AvgIpc) is 3.41. The van der Waals surface area contributed by atoms with Crippen LogP contribution in [0.3, 0.4) is 0 Å². The van der Waals surface area contributed by atoms with E-state index in [9.17, 15) is 18.0 Å². The molecule has 1 aliphatic heterocycles. The van der Waals surface area contributed by atoms with E-state index in [1.807, 2.05) is 68.6 Å². The lowest BCUT2D eigenvalue weighted by molar-refractivity contribution is -0.192. The molecule has 0 radical (unpaired) electrons. The Morgan fingerprint density at radius 1 is 1.09 bits per heavy atom. The highest BCUT2D eigenvalue weighted by Crippen LogP contribution is 2.31. The van der Waals surface area contributed by atoms with Gasteiger partial charge in [-0.15, -0.1) is 5.10 Å². The van der Waals surface area contributed by atoms with Gasteiger partial charge in [-0.05, 0) is 73.0 Å². The van der Waals surface area contributed by atoms with Gasteiger partial charge in [0, 0.05) is 31.9 Å². The Bertz CT molecular complexity index is 1990. The quantitative estimate of drug-likeness (QED) is 0.227. The number of halogens is 3. The predicted molar refractivity (Wildman–Crippen MR) is 163 cm³/mol. The maximum Gasteiger partial charge on any atom is 0.490 e. The zero-order chi connectivity index (χ0) is 33.0. The van der Waals surface area contributed by atoms with Crippen LogP contribution in [0.2, 0.25) is 0 Å². The molecule has 0 saturated heterocycles. The highest BCUT2D eigenvalue weighted by Gasteiger charge is 2.38. The van der Waals surface area contributed by atoms with E-state index in [4.69, 9.17) is 19.6 Å². The summed E-state index contributed by atoms with van der Waals surface area (Å²) in [5.41, 5.74) is 6.90. The Morgan fingerprint density at radius 3 is 2.54 bits per heavy atom. The van der Waals surface area contributed by atoms with Crippen molar-refractivity contribution < 1.29 is 32.6 Å². The van der Waals surface area contributed by atoms with Gasteiger partial charge in [-0.3, -0.25) is 4.79 Å². The molecule has 1 aliphatic rings. The van der Waals surface area contributed by atoms with Crippen molar-refractivity contribution in [1.82, 2.24) is 34.8 Å². The number of nitrogens with zero attached hydrogens (tertiary/aromatic N) is 7. The summed E-state index contributed by atoms with van der Waals surface area (Å²) >= 11 is 0. The molecule has 5 aromatic rings. The monoisotopic (exact) mass is 632 g/mol. The van der Waals surface area contributed by atoms with Gasteiger partial charge >= 0.3 is 12.1 Å². The number of hydrogen-bond acceptors (Lipinski definition) is 9. The fraction of sp³-hybridized carbons (Fsp3) is 0.194. The molecule has 0 fully saturated rings. The van der Waals surface area contributed by atoms with Crippen LogP contribution in [0.5, 0.6) is 11.5 Å². The summed E-state index contributed by atoms with van der Waals surface area (Å²) in [6.45, 7) is 6.74. The first-order chi connectivity index (χ1) is 21.9. The largest absolute Gasteiger partial charge is 0.490 e. The van der Waals surface area contributed by atoms with Gasteiger partial charge in [0.1, 0.15) is 28.9 Å². The highest BCUT2D eigenvalue weighted by molar-refractivity contribution is 5.89. The number of carbonyl (C=O) groups excluding carboxylic acids is 1. The Morgan fingerprint density at radius 2 is 1.87 bits per heavy atom. The summed E-state index contributed by atoms with van der Waals surface area (Å²) < 4.78 is 39.6. The minimum Gasteiger partial charge on any atom is -0.475 e. The van der Waals surface area contributed by atoms with Crippen LogP contribution in [0, 0.1) is 6.92 Å². The minimum absolute atomic E-state index is 0.0602. The maximum absolute atomic E-state index is 11.9. The number of nitrogens with one attached hydrogen (secondary N) is 1. The minimum atomic E-state index is -5.08. The van der Waals surface area contributed by atoms with Crippen LogP contribution < -0.4 is 10.1 Å². The summed E-state index contributed by atoms with van der Waals surface area (Å²) in [4.78, 5) is 36.3. The number of aryl methyl sites for hydroxylation is 2. The van der Waals surface area contributed by atoms with Crippen LogP contribution >= 0.6 is 0 Å². The van der Waals surface area contributed by atoms with Crippen molar-refractivity contribution in [2.75, 3.05) is 18.4 Å². The number of anilines is 2. The van der Waals surface area contributed by atoms with Crippen LogP contribution in [0.4, 0.5) is 24.7 Å². The van der Waals surface area contributed by atoms with E-state index in [-0.39, 0.29) is 5.91 Å². The molecule has 4 heterocycles. The molecule has 0 atom stereocenters. The van der Waals surface area contributed by atoms with E-state index in [1.54, 1.807) is 9.58 Å². The SMILES string of the molecule is C=CC(=O)N1CC=C(c2ccc3ncnc(Nc4ccc(Oc5ccc6c(c5)nnn6C)c(C)c4)c3n2)CC1.O=C(O)C(F)(F)F. The fourth-order valence-corrected chi connectivity index (χ4v) is 4.63. The molecule has 0 aliphatic carbocycles. The van der Waals surface area contributed by atoms with Crippen LogP contribution in [0.1, 0.15) is 17.7 Å². The van der Waals surface area contributed by atoms with Gasteiger partial charge in [-0.2, -0.15) is 13.2 Å². The number of carbonyl (C=O) groups is 2. The van der Waals surface area contributed by atoms with E-state index >= 15 is 0 Å². The summed E-state index contributed by atoms with van der Waals surface area (Å²) in [6, 6.07) is 15.5. The summed E-state index contributed by atoms with van der Waals surface area (Å²) in [7, 11) is 1.86. The highest BCUT2D eigenvalue weighted by atomic mass is 19.4. The van der Waals surface area contributed by atoms with E-state index < -0.39 is 12.1 Å². The van der Waals surface area contributed by atoms with Crippen LogP contribution in [0.15, 0.2) is 73.6 Å². The normalized spacial score (nSPS) is 13.1. The third-order valence-electron chi connectivity index (χ3n) is 7.00. The topological polar surface area (TPSA) is 148 Å². The molecule has 0 saturated carbocycles. The molecule has 2 aromatic carbocycles. The van der Waals surface area contributed by atoms with Crippen molar-refractivity contribution in [2.24, 2.45) is 7.05 Å². The number of carboxylic acid groups (broad SMARTS) is 1. The second kappa shape index (κ2) is 13.0. The second-order valence-corrected chi connectivity index (χ2v) is 10.1. The third-order valence-corrected chi connectivity index (χ3v) is 7.00. The number of alkyl halides is 3. The van der Waals surface area contributed by atoms with Gasteiger partial charge in [0.05, 0.1) is 16.7 Å². The first-order valence-corrected chi connectivity index (χ1v) is 13.8. The fourth-order valence-electron chi connectivity index (χ4n) is 4.63. The summed E-state index contributed by atoms with van der Waals surface area (Å²) in [5.74, 6) is -0.769. The standard InChI is InChI=1S/C29H26N8O2.C2HF3O2/c1-4-27(38)37-13-11-19(12-14-37)22-7-8-23-28(33-22)29(31-17-30-23)32-20-5-10-26(18(2)15-20)39-21-6-9-25-24(16-21)34-35-36(25)3;3-2(4,5)1(6)7/h4-11,15-17H,1,12-14H2,2-3H3,(H,30,31,32);(H,6,7). The molecule has 46 heavy (non-hydrogen) atoms. The summed E-state index contributed by atoms with van der Waals surface area (Å²) in [6.07, 6.45) is 0.554. The van der Waals surface area contributed by atoms with Crippen molar-refractivity contribution in [3.8, 4) is 11.5 Å². The number of fused-ring (bicyclic) bond motifs is 2. The predicted octanol–water partition coefficient (Wildman–Crippen LogP) is 5.59. The second-order valence-electron chi connectivity index (χ2n) is 10.1. The summed E-state index contributed by atoms with van der Waals surface area (Å²) in [5, 5.41) is 18.7. The molecular weight excluding hydrogens is 605 g/mol. The Balaban J connectivity index is 0.000000537. The molecule has 0 bridgehead atoms. The number of benzene rings is 2. The molecule has 6 rings (SSSR count). The molecule has 1 amide bonds. The van der Waals surface area contributed by atoms with Crippen molar-refractivity contribution in [3.63, 3.8) is 0 Å². The molecule has 15 heteroatoms. The Labute approximate surface area is 259 Å². The van der Waals surface area contributed by atoms with E-state index in [0.29, 0.717) is 30.2 Å². The number of pyridine rings is 1. The number of aromatic nitrogens is 6. The lowest BCUT2D eigenvalue weighted by Crippen LogP contribution is -2.33. The van der Waals surface area contributed by atoms with Crippen LogP contribution in [-0.4, -0.2) is 71.1 Å². The lowest BCUT2D eigenvalue weighted by atomic mass is 10.0. The number of amides is 1. The molecule has 0 spiro atoms. The van der Waals surface area contributed by atoms with Gasteiger partial charge in [-0.25, -0.2) is 24.4 Å². The number of ether oxygens (including phenoxy) is 1. The smallest absolute Gasteiger partial charge is 0.475 e. The van der Waals surface area contributed by atoms with E-state index in [1.165, 1.54) is 12.4 Å². The lowest BCUT2D eigenvalue weighted by Gasteiger charge is -2.25. The van der Waals surface area contributed by atoms with E-state index in [0.717, 1.165) is 51.2 Å². The number of hydrogen-bond donors (Lipinski definition) is 2. The number of rotatable bonds is 6. The molecular formula is C31H27F3N8O4. The van der Waals surface area contributed by atoms with Crippen molar-refractivity contribution in [1.29, 1.82) is 0 Å². The van der Waals surface area contributed by atoms with Crippen molar-refractivity contribution in [2.45, 2.75) is 19.5 Å². The molecule has 236 valence electrons. The van der Waals surface area contributed by atoms with Gasteiger partial charge in [-0.1, -0.05) is 17.9 Å². The number of aliphatic carboxylic acids is 1. The van der Waals surface area contributed by atoms with Crippen molar-refractivity contribution >= 4 is 51.0 Å². The average molecular weight is 633 g/mol. The molecule has 3 aromatic heterocycles. The zero-order valence-corrected chi connectivity index (χ0v) is 24.6. The molecule has 12 nitrogen and oxygen atoms in total. The molecule has 2 N–H and O–H groups in total. The van der Waals surface area contributed by atoms with Gasteiger partial charge in [0.25, 0.3) is 0 Å². The first-order valence-electron chi connectivity index (χ1n) is 13.8. The Hall–Kier alpha value is -5.86. The first kappa shape index (κ1) is 31.6. The van der Waals surface area contributed by atoms with Gasteiger partial charge in [0.15, 0.2) is 5.82 Å². The zero-order valence-electron chi connectivity index (χ0n) is 24.6. The van der Waals surface area contributed by atoms with E-state index in [2.05, 4.69) is 32.2 Å². The van der Waals surface area contributed by atoms with Crippen molar-refractivity contribution in [3.05, 3.63) is 84.8 Å². The third kappa shape index (κ3) is 7.09.